The second-order valence-corrected chi connectivity index (χ2v) is 12.1. The first kappa shape index (κ1) is 25.2. The van der Waals surface area contributed by atoms with E-state index in [1.165, 1.54) is 28.7 Å². The molecule has 0 radical (unpaired) electrons. The van der Waals surface area contributed by atoms with Crippen molar-refractivity contribution in [2.75, 3.05) is 12.4 Å². The van der Waals surface area contributed by atoms with E-state index >= 15 is 0 Å². The molecule has 1 aliphatic carbocycles. The Morgan fingerprint density at radius 3 is 2.69 bits per heavy atom. The van der Waals surface area contributed by atoms with Crippen molar-refractivity contribution in [2.24, 2.45) is 11.3 Å². The first-order chi connectivity index (χ1) is 16.7. The summed E-state index contributed by atoms with van der Waals surface area (Å²) in [6, 6.07) is 11.9. The number of amides is 1. The summed E-state index contributed by atoms with van der Waals surface area (Å²) in [5.74, 6) is 1.19. The first-order valence-corrected chi connectivity index (χ1v) is 13.4. The first-order valence-electron chi connectivity index (χ1n) is 11.7. The van der Waals surface area contributed by atoms with Gasteiger partial charge in [-0.05, 0) is 73.4 Å². The Balaban J connectivity index is 1.43. The molecule has 8 heteroatoms. The number of aryl methyl sites for hydroxylation is 1. The van der Waals surface area contributed by atoms with E-state index in [0.29, 0.717) is 21.6 Å². The largest absolute Gasteiger partial charge is 0.497 e. The van der Waals surface area contributed by atoms with Crippen molar-refractivity contribution in [3.05, 3.63) is 52.5 Å². The van der Waals surface area contributed by atoms with Gasteiger partial charge in [0.2, 0.25) is 5.91 Å². The zero-order chi connectivity index (χ0) is 25.2. The van der Waals surface area contributed by atoms with Crippen LogP contribution in [0.15, 0.2) is 40.7 Å². The molecule has 1 aliphatic rings. The summed E-state index contributed by atoms with van der Waals surface area (Å²) in [6.45, 7) is 8.65. The maximum absolute atomic E-state index is 12.9. The van der Waals surface area contributed by atoms with Gasteiger partial charge in [0.15, 0.2) is 5.13 Å². The Hall–Kier alpha value is -2.89. The highest BCUT2D eigenvalue weighted by atomic mass is 32.2. The number of rotatable bonds is 6. The van der Waals surface area contributed by atoms with Crippen LogP contribution in [0.5, 0.6) is 5.75 Å². The molecule has 2 unspecified atom stereocenters. The number of anilines is 1. The highest BCUT2D eigenvalue weighted by molar-refractivity contribution is 8.00. The van der Waals surface area contributed by atoms with E-state index in [-0.39, 0.29) is 11.3 Å². The summed E-state index contributed by atoms with van der Waals surface area (Å²) in [5.41, 5.74) is 4.75. The molecule has 6 nitrogen and oxygen atoms in total. The van der Waals surface area contributed by atoms with Crippen LogP contribution < -0.4 is 10.1 Å². The maximum Gasteiger partial charge on any atom is 0.239 e. The van der Waals surface area contributed by atoms with Gasteiger partial charge in [-0.3, -0.25) is 4.79 Å². The summed E-state index contributed by atoms with van der Waals surface area (Å²) in [7, 11) is 1.63. The van der Waals surface area contributed by atoms with E-state index in [0.717, 1.165) is 42.0 Å². The molecule has 4 rings (SSSR count). The number of pyridine rings is 1. The van der Waals surface area contributed by atoms with Crippen LogP contribution in [0, 0.1) is 22.7 Å². The summed E-state index contributed by atoms with van der Waals surface area (Å²) in [4.78, 5) is 22.3. The van der Waals surface area contributed by atoms with E-state index in [1.54, 1.807) is 7.11 Å². The normalized spacial score (nSPS) is 16.2. The smallest absolute Gasteiger partial charge is 0.239 e. The molecule has 1 aromatic carbocycles. The average molecular weight is 507 g/mol. The number of aromatic nitrogens is 2. The topological polar surface area (TPSA) is 87.9 Å². The molecule has 0 spiro atoms. The lowest BCUT2D eigenvalue weighted by Gasteiger charge is -2.34. The van der Waals surface area contributed by atoms with Crippen LogP contribution in [-0.2, 0) is 17.6 Å². The molecular formula is C27H30N4O2S2. The number of hydrogen-bond acceptors (Lipinski definition) is 7. The van der Waals surface area contributed by atoms with Crippen molar-refractivity contribution in [3.63, 3.8) is 0 Å². The SMILES string of the molecule is COc1ccc(-c2csc(NC(=O)C(C)Sc3nc4c(cc3C#N)CC(C(C)(C)C)CC4)n2)cc1. The number of nitrogens with one attached hydrogen (secondary N) is 1. The van der Waals surface area contributed by atoms with Crippen molar-refractivity contribution < 1.29 is 9.53 Å². The molecule has 1 N–H and O–H groups in total. The molecule has 2 aromatic heterocycles. The van der Waals surface area contributed by atoms with Gasteiger partial charge >= 0.3 is 0 Å². The number of methoxy groups -OCH3 is 1. The molecule has 3 aromatic rings. The van der Waals surface area contributed by atoms with Gasteiger partial charge in [-0.15, -0.1) is 11.3 Å². The van der Waals surface area contributed by atoms with Crippen LogP contribution in [-0.4, -0.2) is 28.2 Å². The fraction of sp³-hybridized carbons (Fsp3) is 0.407. The Labute approximate surface area is 215 Å². The van der Waals surface area contributed by atoms with Gasteiger partial charge in [-0.2, -0.15) is 5.26 Å². The minimum atomic E-state index is -0.424. The maximum atomic E-state index is 12.9. The molecule has 1 amide bonds. The standard InChI is InChI=1S/C27H30N4O2S2/c1-16(24(32)31-26-30-23(15-34-26)17-6-9-21(33-5)10-7-17)35-25-19(14-28)12-18-13-20(27(2,3)4)8-11-22(18)29-25/h6-7,9-10,12,15-16,20H,8,11,13H2,1-5H3,(H,30,31,32). The molecule has 0 aliphatic heterocycles. The minimum Gasteiger partial charge on any atom is -0.497 e. The third kappa shape index (κ3) is 5.85. The fourth-order valence-corrected chi connectivity index (χ4v) is 5.83. The summed E-state index contributed by atoms with van der Waals surface area (Å²) < 4.78 is 5.20. The predicted molar refractivity (Wildman–Crippen MR) is 142 cm³/mol. The van der Waals surface area contributed by atoms with Gasteiger partial charge in [0.1, 0.15) is 16.8 Å². The Bertz CT molecular complexity index is 1260. The van der Waals surface area contributed by atoms with Crippen molar-refractivity contribution in [1.82, 2.24) is 9.97 Å². The van der Waals surface area contributed by atoms with E-state index in [4.69, 9.17) is 9.72 Å². The number of nitrogens with zero attached hydrogens (tertiary/aromatic N) is 3. The number of fused-ring (bicyclic) bond motifs is 1. The van der Waals surface area contributed by atoms with Crippen LogP contribution in [0.1, 0.15) is 50.9 Å². The summed E-state index contributed by atoms with van der Waals surface area (Å²) in [5, 5.41) is 15.3. The van der Waals surface area contributed by atoms with Crippen molar-refractivity contribution >= 4 is 34.1 Å². The van der Waals surface area contributed by atoms with Crippen molar-refractivity contribution in [1.29, 1.82) is 5.26 Å². The number of nitriles is 1. The van der Waals surface area contributed by atoms with Crippen LogP contribution in [0.2, 0.25) is 0 Å². The molecule has 2 atom stereocenters. The van der Waals surface area contributed by atoms with Gasteiger partial charge < -0.3 is 10.1 Å². The summed E-state index contributed by atoms with van der Waals surface area (Å²) >= 11 is 2.71. The lowest BCUT2D eigenvalue weighted by atomic mass is 9.71. The van der Waals surface area contributed by atoms with Crippen LogP contribution in [0.25, 0.3) is 11.3 Å². The quantitative estimate of drug-likeness (QED) is 0.392. The fourth-order valence-electron chi connectivity index (χ4n) is 4.21. The van der Waals surface area contributed by atoms with Gasteiger partial charge in [0, 0.05) is 16.6 Å². The molecule has 2 heterocycles. The lowest BCUT2D eigenvalue weighted by molar-refractivity contribution is -0.115. The van der Waals surface area contributed by atoms with Gasteiger partial charge in [0.05, 0.1) is 23.6 Å². The number of benzene rings is 1. The predicted octanol–water partition coefficient (Wildman–Crippen LogP) is 6.36. The van der Waals surface area contributed by atoms with Crippen molar-refractivity contribution in [3.8, 4) is 23.1 Å². The van der Waals surface area contributed by atoms with E-state index in [1.807, 2.05) is 42.6 Å². The van der Waals surface area contributed by atoms with Gasteiger partial charge in [-0.25, -0.2) is 9.97 Å². The second kappa shape index (κ2) is 10.4. The average Bonchev–Trinajstić information content (AvgIpc) is 3.31. The van der Waals surface area contributed by atoms with E-state index in [2.05, 4.69) is 37.1 Å². The number of ether oxygens (including phenoxy) is 1. The number of thiazole rings is 1. The van der Waals surface area contributed by atoms with Gasteiger partial charge in [-0.1, -0.05) is 32.5 Å². The monoisotopic (exact) mass is 506 g/mol. The number of hydrogen-bond donors (Lipinski definition) is 1. The highest BCUT2D eigenvalue weighted by Gasteiger charge is 2.30. The molecule has 182 valence electrons. The number of carbonyl (C=O) groups excluding carboxylic acids is 1. The van der Waals surface area contributed by atoms with Crippen LogP contribution in [0.4, 0.5) is 5.13 Å². The van der Waals surface area contributed by atoms with Crippen molar-refractivity contribution in [2.45, 2.75) is 57.2 Å². The lowest BCUT2D eigenvalue weighted by Crippen LogP contribution is -2.27. The molecule has 0 fully saturated rings. The molecular weight excluding hydrogens is 476 g/mol. The number of thioether (sulfide) groups is 1. The van der Waals surface area contributed by atoms with E-state index in [9.17, 15) is 10.1 Å². The van der Waals surface area contributed by atoms with Crippen LogP contribution in [0.3, 0.4) is 0 Å². The Kier molecular flexibility index (Phi) is 7.48. The highest BCUT2D eigenvalue weighted by Crippen LogP contribution is 2.38. The molecule has 0 bridgehead atoms. The van der Waals surface area contributed by atoms with Crippen LogP contribution >= 0.6 is 23.1 Å². The number of carbonyl (C=O) groups is 1. The van der Waals surface area contributed by atoms with E-state index < -0.39 is 5.25 Å². The zero-order valence-electron chi connectivity index (χ0n) is 20.7. The third-order valence-corrected chi connectivity index (χ3v) is 8.33. The molecule has 35 heavy (non-hydrogen) atoms. The molecule has 0 saturated carbocycles. The van der Waals surface area contributed by atoms with Gasteiger partial charge in [0.25, 0.3) is 0 Å². The Morgan fingerprint density at radius 1 is 1.29 bits per heavy atom. The minimum absolute atomic E-state index is 0.165. The molecule has 0 saturated heterocycles. The third-order valence-electron chi connectivity index (χ3n) is 6.47. The Morgan fingerprint density at radius 2 is 2.03 bits per heavy atom. The summed E-state index contributed by atoms with van der Waals surface area (Å²) in [6.07, 6.45) is 2.95. The second-order valence-electron chi connectivity index (χ2n) is 9.88. The zero-order valence-corrected chi connectivity index (χ0v) is 22.3.